The fourth-order valence-electron chi connectivity index (χ4n) is 4.57. The van der Waals surface area contributed by atoms with E-state index >= 15 is 0 Å². The lowest BCUT2D eigenvalue weighted by Gasteiger charge is -2.46. The molecule has 6 heteroatoms. The molecular formula is C24H35N3O3. The summed E-state index contributed by atoms with van der Waals surface area (Å²) in [5.74, 6) is 0. The van der Waals surface area contributed by atoms with Crippen LogP contribution in [-0.2, 0) is 34.4 Å². The summed E-state index contributed by atoms with van der Waals surface area (Å²) < 4.78 is 20.2. The fraction of sp³-hybridized carbons (Fsp3) is 0.625. The van der Waals surface area contributed by atoms with Crippen LogP contribution in [0.15, 0.2) is 36.5 Å². The van der Waals surface area contributed by atoms with Crippen molar-refractivity contribution in [3.63, 3.8) is 0 Å². The van der Waals surface area contributed by atoms with Gasteiger partial charge >= 0.3 is 0 Å². The number of benzene rings is 1. The van der Waals surface area contributed by atoms with E-state index < -0.39 is 0 Å². The van der Waals surface area contributed by atoms with Crippen molar-refractivity contribution >= 4 is 0 Å². The largest absolute Gasteiger partial charge is 0.376 e. The highest BCUT2D eigenvalue weighted by atomic mass is 16.5. The Morgan fingerprint density at radius 3 is 2.70 bits per heavy atom. The summed E-state index contributed by atoms with van der Waals surface area (Å²) in [6.45, 7) is 8.00. The van der Waals surface area contributed by atoms with Crippen LogP contribution in [0.25, 0.3) is 0 Å². The molecule has 0 saturated carbocycles. The standard InChI is InChI=1S/C24H35N3O3/c1-20-22(17-25-26(20)2)18-27-11-9-24(10-12-27)16-23(8-13-30-24)29-15-14-28-19-21-6-4-3-5-7-21/h3-7,17,23H,8-16,18-19H2,1-2H3. The first kappa shape index (κ1) is 21.5. The molecule has 4 rings (SSSR count). The smallest absolute Gasteiger partial charge is 0.0731 e. The van der Waals surface area contributed by atoms with Gasteiger partial charge in [-0.25, -0.2) is 0 Å². The minimum absolute atomic E-state index is 0.00566. The van der Waals surface area contributed by atoms with Crippen LogP contribution in [-0.4, -0.2) is 59.3 Å². The topological polar surface area (TPSA) is 48.8 Å². The second-order valence-electron chi connectivity index (χ2n) is 8.71. The van der Waals surface area contributed by atoms with E-state index in [-0.39, 0.29) is 11.7 Å². The number of hydrogen-bond donors (Lipinski definition) is 0. The van der Waals surface area contributed by atoms with Crippen molar-refractivity contribution in [2.45, 2.75) is 57.5 Å². The van der Waals surface area contributed by atoms with Crippen molar-refractivity contribution < 1.29 is 14.2 Å². The van der Waals surface area contributed by atoms with Gasteiger partial charge in [-0.05, 0) is 31.7 Å². The van der Waals surface area contributed by atoms with Crippen LogP contribution >= 0.6 is 0 Å². The molecule has 2 aliphatic heterocycles. The molecule has 2 aliphatic rings. The van der Waals surface area contributed by atoms with Gasteiger partial charge in [0.2, 0.25) is 0 Å². The Balaban J connectivity index is 1.17. The van der Waals surface area contributed by atoms with Gasteiger partial charge in [-0.15, -0.1) is 0 Å². The predicted octanol–water partition coefficient (Wildman–Crippen LogP) is 3.48. The van der Waals surface area contributed by atoms with Gasteiger partial charge in [-0.2, -0.15) is 5.10 Å². The number of aryl methyl sites for hydroxylation is 1. The summed E-state index contributed by atoms with van der Waals surface area (Å²) in [6.07, 6.45) is 6.43. The SMILES string of the molecule is Cc1c(CN2CCC3(CC2)CC(OCCOCc2ccccc2)CCO3)cnn1C. The highest BCUT2D eigenvalue weighted by molar-refractivity contribution is 5.16. The molecule has 2 fully saturated rings. The molecule has 2 saturated heterocycles. The molecule has 1 aromatic heterocycles. The molecule has 0 amide bonds. The summed E-state index contributed by atoms with van der Waals surface area (Å²) in [6, 6.07) is 10.3. The molecular weight excluding hydrogens is 378 g/mol. The predicted molar refractivity (Wildman–Crippen MR) is 116 cm³/mol. The highest BCUT2D eigenvalue weighted by Crippen LogP contribution is 2.36. The van der Waals surface area contributed by atoms with Crippen molar-refractivity contribution in [1.29, 1.82) is 0 Å². The van der Waals surface area contributed by atoms with Crippen molar-refractivity contribution in [3.8, 4) is 0 Å². The van der Waals surface area contributed by atoms with Crippen molar-refractivity contribution in [1.82, 2.24) is 14.7 Å². The van der Waals surface area contributed by atoms with Crippen LogP contribution in [0.5, 0.6) is 0 Å². The number of likely N-dealkylation sites (tertiary alicyclic amines) is 1. The molecule has 1 spiro atoms. The zero-order valence-electron chi connectivity index (χ0n) is 18.4. The van der Waals surface area contributed by atoms with Gasteiger partial charge < -0.3 is 14.2 Å². The normalized spacial score (nSPS) is 21.9. The molecule has 0 radical (unpaired) electrons. The summed E-state index contributed by atoms with van der Waals surface area (Å²) >= 11 is 0. The van der Waals surface area contributed by atoms with Crippen LogP contribution < -0.4 is 0 Å². The third kappa shape index (κ3) is 5.49. The first-order valence-electron chi connectivity index (χ1n) is 11.2. The molecule has 0 N–H and O–H groups in total. The molecule has 164 valence electrons. The van der Waals surface area contributed by atoms with E-state index in [2.05, 4.69) is 29.1 Å². The molecule has 0 bridgehead atoms. The van der Waals surface area contributed by atoms with Gasteiger partial charge in [0.1, 0.15) is 0 Å². The molecule has 6 nitrogen and oxygen atoms in total. The van der Waals surface area contributed by atoms with E-state index in [0.717, 1.165) is 51.9 Å². The Labute approximate surface area is 180 Å². The third-order valence-corrected chi connectivity index (χ3v) is 6.64. The zero-order chi connectivity index (χ0) is 20.8. The van der Waals surface area contributed by atoms with E-state index in [1.165, 1.54) is 16.8 Å². The Bertz CT molecular complexity index is 784. The van der Waals surface area contributed by atoms with Crippen molar-refractivity contribution in [2.75, 3.05) is 32.9 Å². The van der Waals surface area contributed by atoms with E-state index in [9.17, 15) is 0 Å². The average Bonchev–Trinajstić information content (AvgIpc) is 3.08. The Morgan fingerprint density at radius 1 is 1.17 bits per heavy atom. The monoisotopic (exact) mass is 413 g/mol. The first-order chi connectivity index (χ1) is 14.6. The molecule has 1 unspecified atom stereocenters. The maximum atomic E-state index is 6.29. The van der Waals surface area contributed by atoms with Gasteiger partial charge in [0.25, 0.3) is 0 Å². The lowest BCUT2D eigenvalue weighted by Crippen LogP contribution is -2.50. The number of rotatable bonds is 8. The van der Waals surface area contributed by atoms with E-state index in [1.807, 2.05) is 36.1 Å². The van der Waals surface area contributed by atoms with Gasteiger partial charge in [0, 0.05) is 51.0 Å². The molecule has 3 heterocycles. The van der Waals surface area contributed by atoms with E-state index in [0.29, 0.717) is 19.8 Å². The zero-order valence-corrected chi connectivity index (χ0v) is 18.4. The van der Waals surface area contributed by atoms with Gasteiger partial charge in [0.05, 0.1) is 37.7 Å². The highest BCUT2D eigenvalue weighted by Gasteiger charge is 2.40. The van der Waals surface area contributed by atoms with Crippen LogP contribution in [0.4, 0.5) is 0 Å². The van der Waals surface area contributed by atoms with Gasteiger partial charge in [-0.3, -0.25) is 9.58 Å². The quantitative estimate of drug-likeness (QED) is 0.620. The second-order valence-corrected chi connectivity index (χ2v) is 8.71. The molecule has 0 aliphatic carbocycles. The van der Waals surface area contributed by atoms with Gasteiger partial charge in [0.15, 0.2) is 0 Å². The first-order valence-corrected chi connectivity index (χ1v) is 11.2. The van der Waals surface area contributed by atoms with Crippen molar-refractivity contribution in [3.05, 3.63) is 53.3 Å². The summed E-state index contributed by atoms with van der Waals surface area (Å²) in [7, 11) is 2.01. The minimum atomic E-state index is -0.00566. The number of piperidine rings is 1. The van der Waals surface area contributed by atoms with Crippen LogP contribution in [0, 0.1) is 6.92 Å². The van der Waals surface area contributed by atoms with Crippen LogP contribution in [0.2, 0.25) is 0 Å². The average molecular weight is 414 g/mol. The van der Waals surface area contributed by atoms with Crippen LogP contribution in [0.1, 0.15) is 42.5 Å². The number of nitrogens with zero attached hydrogens (tertiary/aromatic N) is 3. The summed E-state index contributed by atoms with van der Waals surface area (Å²) in [4.78, 5) is 2.53. The van der Waals surface area contributed by atoms with E-state index in [4.69, 9.17) is 14.2 Å². The minimum Gasteiger partial charge on any atom is -0.376 e. The summed E-state index contributed by atoms with van der Waals surface area (Å²) in [5.41, 5.74) is 3.78. The van der Waals surface area contributed by atoms with E-state index in [1.54, 1.807) is 0 Å². The Kier molecular flexibility index (Phi) is 7.20. The van der Waals surface area contributed by atoms with Gasteiger partial charge in [-0.1, -0.05) is 30.3 Å². The second kappa shape index (κ2) is 10.1. The lowest BCUT2D eigenvalue weighted by atomic mass is 9.83. The fourth-order valence-corrected chi connectivity index (χ4v) is 4.57. The maximum absolute atomic E-state index is 6.29. The van der Waals surface area contributed by atoms with Crippen molar-refractivity contribution in [2.24, 2.45) is 7.05 Å². The molecule has 30 heavy (non-hydrogen) atoms. The molecule has 1 atom stereocenters. The Hall–Kier alpha value is -1.73. The molecule has 2 aromatic rings. The van der Waals surface area contributed by atoms with Crippen LogP contribution in [0.3, 0.4) is 0 Å². The lowest BCUT2D eigenvalue weighted by molar-refractivity contribution is -0.158. The summed E-state index contributed by atoms with van der Waals surface area (Å²) in [5, 5.41) is 4.37. The Morgan fingerprint density at radius 2 is 1.97 bits per heavy atom. The third-order valence-electron chi connectivity index (χ3n) is 6.64. The number of ether oxygens (including phenoxy) is 3. The number of aromatic nitrogens is 2. The number of hydrogen-bond acceptors (Lipinski definition) is 5. The maximum Gasteiger partial charge on any atom is 0.0731 e. The molecule has 1 aromatic carbocycles.